The number of carbonyl (C=O) groups excluding carboxylic acids is 2. The minimum absolute atomic E-state index is 0.0363. The molecule has 2 aromatic carbocycles. The van der Waals surface area contributed by atoms with Gasteiger partial charge in [-0.15, -0.1) is 0 Å². The van der Waals surface area contributed by atoms with Crippen molar-refractivity contribution in [3.8, 4) is 0 Å². The van der Waals surface area contributed by atoms with Crippen LogP contribution in [0.25, 0.3) is 0 Å². The Hall–Kier alpha value is -2.61. The van der Waals surface area contributed by atoms with Crippen molar-refractivity contribution in [3.63, 3.8) is 0 Å². The summed E-state index contributed by atoms with van der Waals surface area (Å²) in [6, 6.07) is 10.9. The molecule has 1 N–H and O–H groups in total. The fraction of sp³-hybridized carbons (Fsp3) is 0.150. The van der Waals surface area contributed by atoms with E-state index in [1.54, 1.807) is 19.1 Å². The van der Waals surface area contributed by atoms with Crippen LogP contribution in [0, 0.1) is 12.7 Å². The molecule has 10 heteroatoms. The first-order valence-corrected chi connectivity index (χ1v) is 9.78. The lowest BCUT2D eigenvalue weighted by Gasteiger charge is -2.08. The average Bonchev–Trinajstić information content (AvgIpc) is 2.97. The summed E-state index contributed by atoms with van der Waals surface area (Å²) >= 11 is 18.1. The van der Waals surface area contributed by atoms with Crippen LogP contribution in [0.3, 0.4) is 0 Å². The maximum Gasteiger partial charge on any atom is 0.343 e. The highest BCUT2D eigenvalue weighted by Crippen LogP contribution is 2.24. The highest BCUT2D eigenvalue weighted by molar-refractivity contribution is 6.33. The molecule has 0 bridgehead atoms. The Morgan fingerprint density at radius 1 is 1.17 bits per heavy atom. The first-order valence-electron chi connectivity index (χ1n) is 8.64. The summed E-state index contributed by atoms with van der Waals surface area (Å²) < 4.78 is 20.2. The van der Waals surface area contributed by atoms with E-state index < -0.39 is 24.3 Å². The quantitative estimate of drug-likeness (QED) is 0.507. The van der Waals surface area contributed by atoms with Crippen LogP contribution in [-0.2, 0) is 16.1 Å². The highest BCUT2D eigenvalue weighted by Gasteiger charge is 2.23. The molecule has 0 unspecified atom stereocenters. The Bertz CT molecular complexity index is 1120. The third kappa shape index (κ3) is 5.11. The molecule has 0 saturated heterocycles. The zero-order chi connectivity index (χ0) is 21.8. The van der Waals surface area contributed by atoms with E-state index >= 15 is 0 Å². The van der Waals surface area contributed by atoms with Gasteiger partial charge in [0.25, 0.3) is 5.91 Å². The van der Waals surface area contributed by atoms with Crippen molar-refractivity contribution in [1.29, 1.82) is 0 Å². The Labute approximate surface area is 186 Å². The van der Waals surface area contributed by atoms with E-state index in [9.17, 15) is 14.0 Å². The molecule has 0 spiro atoms. The molecule has 0 aliphatic rings. The van der Waals surface area contributed by atoms with Gasteiger partial charge in [-0.1, -0.05) is 53.0 Å². The number of hydrogen-bond acceptors (Lipinski definition) is 4. The van der Waals surface area contributed by atoms with Gasteiger partial charge in [-0.3, -0.25) is 4.79 Å². The number of rotatable bonds is 6. The van der Waals surface area contributed by atoms with Crippen molar-refractivity contribution < 1.29 is 18.7 Å². The zero-order valence-electron chi connectivity index (χ0n) is 15.6. The summed E-state index contributed by atoms with van der Waals surface area (Å²) in [5.74, 6) is -2.25. The molecule has 0 atom stereocenters. The summed E-state index contributed by atoms with van der Waals surface area (Å²) in [5, 5.41) is 7.33. The number of halogens is 4. The Morgan fingerprint density at radius 3 is 2.60 bits per heavy atom. The van der Waals surface area contributed by atoms with Crippen LogP contribution >= 0.6 is 34.8 Å². The minimum atomic E-state index is -0.824. The van der Waals surface area contributed by atoms with E-state index in [4.69, 9.17) is 39.5 Å². The first kappa shape index (κ1) is 22.1. The molecular weight excluding hydrogens is 456 g/mol. The first-order chi connectivity index (χ1) is 14.3. The number of aryl methyl sites for hydroxylation is 1. The number of benzene rings is 2. The summed E-state index contributed by atoms with van der Waals surface area (Å²) in [6.45, 7) is 1.21. The molecule has 1 amide bonds. The number of anilines is 1. The lowest BCUT2D eigenvalue weighted by molar-refractivity contribution is -0.119. The number of nitrogens with zero attached hydrogens (tertiary/aromatic N) is 2. The van der Waals surface area contributed by atoms with Gasteiger partial charge in [-0.2, -0.15) is 5.10 Å². The van der Waals surface area contributed by atoms with Gasteiger partial charge in [-0.05, 0) is 36.8 Å². The van der Waals surface area contributed by atoms with Crippen LogP contribution in [-0.4, -0.2) is 28.3 Å². The van der Waals surface area contributed by atoms with E-state index in [0.29, 0.717) is 10.7 Å². The number of carbonyl (C=O) groups is 2. The average molecular weight is 471 g/mol. The molecule has 0 fully saturated rings. The zero-order valence-corrected chi connectivity index (χ0v) is 17.9. The molecule has 1 aromatic heterocycles. The Morgan fingerprint density at radius 2 is 1.90 bits per heavy atom. The lowest BCUT2D eigenvalue weighted by atomic mass is 10.2. The normalized spacial score (nSPS) is 10.7. The SMILES string of the molecule is Cc1nn(Cc2ccccc2Cl)c(Cl)c1C(=O)OCC(=O)Nc1ccc(Cl)cc1F. The van der Waals surface area contributed by atoms with Crippen LogP contribution in [0.2, 0.25) is 15.2 Å². The molecule has 0 saturated carbocycles. The van der Waals surface area contributed by atoms with Crippen molar-refractivity contribution in [2.45, 2.75) is 13.5 Å². The molecule has 1 heterocycles. The van der Waals surface area contributed by atoms with Gasteiger partial charge in [0.1, 0.15) is 16.5 Å². The van der Waals surface area contributed by atoms with Crippen molar-refractivity contribution in [2.24, 2.45) is 0 Å². The van der Waals surface area contributed by atoms with E-state index in [1.807, 2.05) is 12.1 Å². The maximum absolute atomic E-state index is 13.7. The summed E-state index contributed by atoms with van der Waals surface area (Å²) in [4.78, 5) is 24.4. The number of amides is 1. The summed E-state index contributed by atoms with van der Waals surface area (Å²) in [5.41, 5.74) is 1.06. The Kier molecular flexibility index (Phi) is 6.97. The number of hydrogen-bond donors (Lipinski definition) is 1. The fourth-order valence-corrected chi connectivity index (χ4v) is 3.32. The standard InChI is InChI=1S/C20H15Cl3FN3O3/c1-11-18(19(23)27(26-11)9-12-4-2-3-5-14(12)22)20(29)30-10-17(28)25-16-7-6-13(21)8-15(16)24/h2-8H,9-10H2,1H3,(H,25,28). The van der Waals surface area contributed by atoms with Gasteiger partial charge in [0.2, 0.25) is 0 Å². The minimum Gasteiger partial charge on any atom is -0.452 e. The van der Waals surface area contributed by atoms with Crippen LogP contribution in [0.15, 0.2) is 42.5 Å². The Balaban J connectivity index is 1.66. The molecule has 0 aliphatic carbocycles. The predicted octanol–water partition coefficient (Wildman–Crippen LogP) is 5.13. The predicted molar refractivity (Wildman–Crippen MR) is 113 cm³/mol. The molecule has 0 aliphatic heterocycles. The van der Waals surface area contributed by atoms with Gasteiger partial charge in [0, 0.05) is 10.0 Å². The largest absolute Gasteiger partial charge is 0.452 e. The van der Waals surface area contributed by atoms with Gasteiger partial charge in [0.05, 0.1) is 17.9 Å². The number of nitrogens with one attached hydrogen (secondary N) is 1. The van der Waals surface area contributed by atoms with E-state index in [1.165, 1.54) is 16.8 Å². The molecule has 30 heavy (non-hydrogen) atoms. The topological polar surface area (TPSA) is 73.2 Å². The number of aromatic nitrogens is 2. The van der Waals surface area contributed by atoms with Crippen LogP contribution < -0.4 is 5.32 Å². The molecule has 0 radical (unpaired) electrons. The second-order valence-electron chi connectivity index (χ2n) is 6.25. The van der Waals surface area contributed by atoms with Crippen molar-refractivity contribution in [2.75, 3.05) is 11.9 Å². The summed E-state index contributed by atoms with van der Waals surface area (Å²) in [7, 11) is 0. The third-order valence-corrected chi connectivity index (χ3v) is 5.07. The van der Waals surface area contributed by atoms with Crippen molar-refractivity contribution in [3.05, 3.63) is 80.3 Å². The van der Waals surface area contributed by atoms with E-state index in [2.05, 4.69) is 10.4 Å². The van der Waals surface area contributed by atoms with Crippen LogP contribution in [0.5, 0.6) is 0 Å². The van der Waals surface area contributed by atoms with E-state index in [0.717, 1.165) is 11.6 Å². The fourth-order valence-electron chi connectivity index (χ4n) is 2.66. The molecular formula is C20H15Cl3FN3O3. The van der Waals surface area contributed by atoms with Gasteiger partial charge >= 0.3 is 5.97 Å². The molecule has 156 valence electrons. The van der Waals surface area contributed by atoms with Gasteiger partial charge in [-0.25, -0.2) is 13.9 Å². The van der Waals surface area contributed by atoms with Gasteiger partial charge in [0.15, 0.2) is 6.61 Å². The van der Waals surface area contributed by atoms with Crippen molar-refractivity contribution >= 4 is 52.4 Å². The smallest absolute Gasteiger partial charge is 0.343 e. The second-order valence-corrected chi connectivity index (χ2v) is 7.45. The van der Waals surface area contributed by atoms with E-state index in [-0.39, 0.29) is 28.0 Å². The number of ether oxygens (including phenoxy) is 1. The third-order valence-electron chi connectivity index (χ3n) is 4.09. The molecule has 6 nitrogen and oxygen atoms in total. The molecule has 3 rings (SSSR count). The van der Waals surface area contributed by atoms with Crippen LogP contribution in [0.1, 0.15) is 21.6 Å². The monoisotopic (exact) mass is 469 g/mol. The van der Waals surface area contributed by atoms with Gasteiger partial charge < -0.3 is 10.1 Å². The summed E-state index contributed by atoms with van der Waals surface area (Å²) in [6.07, 6.45) is 0. The van der Waals surface area contributed by atoms with Crippen molar-refractivity contribution in [1.82, 2.24) is 9.78 Å². The second kappa shape index (κ2) is 9.47. The van der Waals surface area contributed by atoms with Crippen LogP contribution in [0.4, 0.5) is 10.1 Å². The number of esters is 1. The maximum atomic E-state index is 13.7. The lowest BCUT2D eigenvalue weighted by Crippen LogP contribution is -2.21. The highest BCUT2D eigenvalue weighted by atomic mass is 35.5. The molecule has 3 aromatic rings.